The molecular formula is C13H17N3S2. The maximum atomic E-state index is 4.47. The minimum Gasteiger partial charge on any atom is -0.384 e. The molecule has 96 valence electrons. The molecule has 0 amide bonds. The molecular weight excluding hydrogens is 262 g/mol. The number of para-hydroxylation sites is 1. The van der Waals surface area contributed by atoms with Crippen LogP contribution < -0.4 is 5.32 Å². The molecule has 1 aromatic carbocycles. The summed E-state index contributed by atoms with van der Waals surface area (Å²) in [7, 11) is 0. The summed E-state index contributed by atoms with van der Waals surface area (Å²) in [6, 6.07) is 10.3. The van der Waals surface area contributed by atoms with Gasteiger partial charge in [0.2, 0.25) is 0 Å². The van der Waals surface area contributed by atoms with E-state index < -0.39 is 0 Å². The molecule has 0 aliphatic heterocycles. The second-order valence-electron chi connectivity index (χ2n) is 4.01. The van der Waals surface area contributed by atoms with E-state index in [2.05, 4.69) is 40.7 Å². The Balaban J connectivity index is 1.80. The molecule has 18 heavy (non-hydrogen) atoms. The molecule has 0 aliphatic carbocycles. The van der Waals surface area contributed by atoms with Crippen molar-refractivity contribution in [3.05, 3.63) is 36.2 Å². The van der Waals surface area contributed by atoms with Gasteiger partial charge in [-0.05, 0) is 23.7 Å². The number of aryl methyl sites for hydroxylation is 1. The number of nitrogens with zero attached hydrogens (tertiary/aromatic N) is 2. The van der Waals surface area contributed by atoms with Crippen molar-refractivity contribution in [1.29, 1.82) is 0 Å². The molecule has 0 radical (unpaired) electrons. The lowest BCUT2D eigenvalue weighted by Crippen LogP contribution is -2.12. The van der Waals surface area contributed by atoms with Gasteiger partial charge in [0.25, 0.3) is 0 Å². The van der Waals surface area contributed by atoms with Crippen molar-refractivity contribution in [2.75, 3.05) is 11.9 Å². The van der Waals surface area contributed by atoms with Crippen LogP contribution in [0, 0.1) is 0 Å². The van der Waals surface area contributed by atoms with Crippen LogP contribution in [0.3, 0.4) is 0 Å². The standard InChI is InChI=1S/C13H17N3S2/c1-3-12-15-13(18-16-12)17-10(2)9-14-11-7-5-4-6-8-11/h4-8,10,14H,3,9H2,1-2H3. The van der Waals surface area contributed by atoms with Gasteiger partial charge >= 0.3 is 0 Å². The van der Waals surface area contributed by atoms with Crippen molar-refractivity contribution in [2.24, 2.45) is 0 Å². The van der Waals surface area contributed by atoms with E-state index in [1.165, 1.54) is 11.5 Å². The van der Waals surface area contributed by atoms with E-state index in [0.717, 1.165) is 28.8 Å². The number of hydrogen-bond acceptors (Lipinski definition) is 5. The van der Waals surface area contributed by atoms with Gasteiger partial charge in [-0.25, -0.2) is 4.98 Å². The van der Waals surface area contributed by atoms with E-state index in [4.69, 9.17) is 0 Å². The fourth-order valence-electron chi connectivity index (χ4n) is 1.46. The highest BCUT2D eigenvalue weighted by Gasteiger charge is 2.08. The Morgan fingerprint density at radius 2 is 2.11 bits per heavy atom. The summed E-state index contributed by atoms with van der Waals surface area (Å²) in [5, 5.41) is 3.90. The third kappa shape index (κ3) is 3.99. The summed E-state index contributed by atoms with van der Waals surface area (Å²) in [5.41, 5.74) is 1.16. The molecule has 0 fully saturated rings. The third-order valence-corrected chi connectivity index (χ3v) is 4.36. The highest BCUT2D eigenvalue weighted by molar-refractivity contribution is 8.01. The normalized spacial score (nSPS) is 12.3. The minimum absolute atomic E-state index is 0.475. The summed E-state index contributed by atoms with van der Waals surface area (Å²) in [6.07, 6.45) is 0.910. The zero-order valence-corrected chi connectivity index (χ0v) is 12.2. The molecule has 0 saturated carbocycles. The van der Waals surface area contributed by atoms with Crippen LogP contribution in [0.2, 0.25) is 0 Å². The van der Waals surface area contributed by atoms with Gasteiger partial charge in [0.15, 0.2) is 4.34 Å². The molecule has 0 spiro atoms. The lowest BCUT2D eigenvalue weighted by molar-refractivity contribution is 0.961. The Morgan fingerprint density at radius 3 is 2.78 bits per heavy atom. The van der Waals surface area contributed by atoms with Crippen LogP contribution >= 0.6 is 23.3 Å². The second-order valence-corrected chi connectivity index (χ2v) is 6.44. The molecule has 1 aromatic heterocycles. The Bertz CT molecular complexity index is 470. The lowest BCUT2D eigenvalue weighted by atomic mass is 10.3. The number of rotatable bonds is 6. The average Bonchev–Trinajstić information content (AvgIpc) is 2.85. The molecule has 5 heteroatoms. The molecule has 1 atom stereocenters. The number of benzene rings is 1. The van der Waals surface area contributed by atoms with Crippen LogP contribution in [0.25, 0.3) is 0 Å². The van der Waals surface area contributed by atoms with Crippen molar-refractivity contribution in [1.82, 2.24) is 9.36 Å². The van der Waals surface area contributed by atoms with Crippen molar-refractivity contribution in [2.45, 2.75) is 29.9 Å². The second kappa shape index (κ2) is 6.75. The smallest absolute Gasteiger partial charge is 0.170 e. The molecule has 1 N–H and O–H groups in total. The molecule has 0 bridgehead atoms. The first kappa shape index (κ1) is 13.4. The summed E-state index contributed by atoms with van der Waals surface area (Å²) >= 11 is 3.28. The van der Waals surface area contributed by atoms with Crippen LogP contribution in [0.15, 0.2) is 34.7 Å². The van der Waals surface area contributed by atoms with Crippen molar-refractivity contribution >= 4 is 29.0 Å². The molecule has 1 unspecified atom stereocenters. The largest absolute Gasteiger partial charge is 0.384 e. The maximum absolute atomic E-state index is 4.47. The summed E-state index contributed by atoms with van der Waals surface area (Å²) < 4.78 is 5.36. The first-order valence-electron chi connectivity index (χ1n) is 6.06. The Morgan fingerprint density at radius 1 is 1.33 bits per heavy atom. The van der Waals surface area contributed by atoms with Gasteiger partial charge in [-0.1, -0.05) is 43.8 Å². The SMILES string of the molecule is CCc1nsc(SC(C)CNc2ccccc2)n1. The highest BCUT2D eigenvalue weighted by Crippen LogP contribution is 2.25. The van der Waals surface area contributed by atoms with E-state index >= 15 is 0 Å². The number of hydrogen-bond donors (Lipinski definition) is 1. The van der Waals surface area contributed by atoms with Gasteiger partial charge in [0.1, 0.15) is 5.82 Å². The predicted octanol–water partition coefficient (Wildman–Crippen LogP) is 3.69. The summed E-state index contributed by atoms with van der Waals surface area (Å²) in [5.74, 6) is 0.950. The first-order valence-corrected chi connectivity index (χ1v) is 7.71. The highest BCUT2D eigenvalue weighted by atomic mass is 32.2. The van der Waals surface area contributed by atoms with Crippen LogP contribution in [0.1, 0.15) is 19.7 Å². The molecule has 1 heterocycles. The lowest BCUT2D eigenvalue weighted by Gasteiger charge is -2.11. The minimum atomic E-state index is 0.475. The van der Waals surface area contributed by atoms with E-state index in [-0.39, 0.29) is 0 Å². The van der Waals surface area contributed by atoms with Crippen LogP contribution in [0.4, 0.5) is 5.69 Å². The van der Waals surface area contributed by atoms with E-state index in [0.29, 0.717) is 5.25 Å². The van der Waals surface area contributed by atoms with Crippen molar-refractivity contribution < 1.29 is 0 Å². The number of anilines is 1. The molecule has 0 saturated heterocycles. The Kier molecular flexibility index (Phi) is 5.01. The van der Waals surface area contributed by atoms with Gasteiger partial charge in [0, 0.05) is 23.9 Å². The zero-order chi connectivity index (χ0) is 12.8. The number of thioether (sulfide) groups is 1. The van der Waals surface area contributed by atoms with Crippen LogP contribution in [0.5, 0.6) is 0 Å². The number of nitrogens with one attached hydrogen (secondary N) is 1. The van der Waals surface area contributed by atoms with Crippen LogP contribution in [-0.4, -0.2) is 21.2 Å². The van der Waals surface area contributed by atoms with Gasteiger partial charge in [0.05, 0.1) is 0 Å². The third-order valence-electron chi connectivity index (χ3n) is 2.44. The zero-order valence-electron chi connectivity index (χ0n) is 10.6. The topological polar surface area (TPSA) is 37.8 Å². The monoisotopic (exact) mass is 279 g/mol. The molecule has 0 aliphatic rings. The van der Waals surface area contributed by atoms with Gasteiger partial charge < -0.3 is 5.32 Å². The van der Waals surface area contributed by atoms with Gasteiger partial charge in [-0.3, -0.25) is 0 Å². The molecule has 2 rings (SSSR count). The Labute approximate surface area is 116 Å². The van der Waals surface area contributed by atoms with E-state index in [1.807, 2.05) is 18.2 Å². The fourth-order valence-corrected chi connectivity index (χ4v) is 3.41. The van der Waals surface area contributed by atoms with Crippen LogP contribution in [-0.2, 0) is 6.42 Å². The van der Waals surface area contributed by atoms with Crippen molar-refractivity contribution in [3.8, 4) is 0 Å². The van der Waals surface area contributed by atoms with Crippen molar-refractivity contribution in [3.63, 3.8) is 0 Å². The van der Waals surface area contributed by atoms with E-state index in [1.54, 1.807) is 11.8 Å². The maximum Gasteiger partial charge on any atom is 0.170 e. The fraction of sp³-hybridized carbons (Fsp3) is 0.385. The summed E-state index contributed by atoms with van der Waals surface area (Å²) in [6.45, 7) is 5.21. The predicted molar refractivity (Wildman–Crippen MR) is 79.5 cm³/mol. The average molecular weight is 279 g/mol. The Hall–Kier alpha value is -1.07. The quantitative estimate of drug-likeness (QED) is 0.818. The van der Waals surface area contributed by atoms with Gasteiger partial charge in [-0.2, -0.15) is 4.37 Å². The molecule has 2 aromatic rings. The molecule has 3 nitrogen and oxygen atoms in total. The number of aromatic nitrogens is 2. The van der Waals surface area contributed by atoms with E-state index in [9.17, 15) is 0 Å². The first-order chi connectivity index (χ1) is 8.78. The summed E-state index contributed by atoms with van der Waals surface area (Å²) in [4.78, 5) is 4.47. The van der Waals surface area contributed by atoms with Gasteiger partial charge in [-0.15, -0.1) is 0 Å².